The van der Waals surface area contributed by atoms with Crippen LogP contribution in [0.1, 0.15) is 30.3 Å². The summed E-state index contributed by atoms with van der Waals surface area (Å²) in [5, 5.41) is 11.2. The smallest absolute Gasteiger partial charge is 0.246 e. The number of hydrogen-bond donors (Lipinski definition) is 1. The van der Waals surface area contributed by atoms with Gasteiger partial charge in [-0.05, 0) is 54.7 Å². The number of aliphatic hydroxyl groups excluding tert-OH is 1. The van der Waals surface area contributed by atoms with E-state index in [4.69, 9.17) is 16.0 Å². The number of nitrogens with zero attached hydrogens (tertiary/aromatic N) is 1. The van der Waals surface area contributed by atoms with Gasteiger partial charge in [0, 0.05) is 24.2 Å². The number of benzene rings is 1. The van der Waals surface area contributed by atoms with Gasteiger partial charge in [-0.1, -0.05) is 23.7 Å². The first kappa shape index (κ1) is 16.8. The highest BCUT2D eigenvalue weighted by atomic mass is 35.5. The third-order valence-electron chi connectivity index (χ3n) is 4.44. The van der Waals surface area contributed by atoms with Gasteiger partial charge < -0.3 is 14.4 Å². The molecule has 1 aliphatic heterocycles. The van der Waals surface area contributed by atoms with E-state index in [0.717, 1.165) is 18.4 Å². The predicted octanol–water partition coefficient (Wildman–Crippen LogP) is 3.92. The van der Waals surface area contributed by atoms with E-state index in [1.54, 1.807) is 36.6 Å². The summed E-state index contributed by atoms with van der Waals surface area (Å²) in [6.45, 7) is 1.30. The van der Waals surface area contributed by atoms with Crippen molar-refractivity contribution >= 4 is 23.6 Å². The average molecular weight is 346 g/mol. The number of amides is 1. The van der Waals surface area contributed by atoms with Gasteiger partial charge in [-0.3, -0.25) is 4.79 Å². The third-order valence-corrected chi connectivity index (χ3v) is 4.69. The predicted molar refractivity (Wildman–Crippen MR) is 93.5 cm³/mol. The first-order valence-corrected chi connectivity index (χ1v) is 8.45. The summed E-state index contributed by atoms with van der Waals surface area (Å²) in [7, 11) is 0. The lowest BCUT2D eigenvalue weighted by Crippen LogP contribution is -2.38. The summed E-state index contributed by atoms with van der Waals surface area (Å²) in [5.74, 6) is 0.798. The molecule has 0 spiro atoms. The topological polar surface area (TPSA) is 53.7 Å². The van der Waals surface area contributed by atoms with E-state index in [1.165, 1.54) is 6.08 Å². The minimum Gasteiger partial charge on any atom is -0.465 e. The van der Waals surface area contributed by atoms with Crippen LogP contribution in [0.15, 0.2) is 53.2 Å². The number of likely N-dealkylation sites (tertiary alicyclic amines) is 1. The zero-order valence-corrected chi connectivity index (χ0v) is 14.0. The van der Waals surface area contributed by atoms with Crippen LogP contribution in [-0.4, -0.2) is 29.0 Å². The standard InChI is InChI=1S/C19H20ClNO3/c20-16-5-3-14(4-6-16)19(23)15-9-11-21(12-10-15)18(22)8-7-17-2-1-13-24-17/h1-8,13,15,19,23H,9-12H2/b8-7+. The van der Waals surface area contributed by atoms with Crippen LogP contribution in [0.2, 0.25) is 5.02 Å². The van der Waals surface area contributed by atoms with Crippen molar-refractivity contribution < 1.29 is 14.3 Å². The number of carbonyl (C=O) groups excluding carboxylic acids is 1. The molecule has 5 heteroatoms. The van der Waals surface area contributed by atoms with Crippen LogP contribution in [0.4, 0.5) is 0 Å². The summed E-state index contributed by atoms with van der Waals surface area (Å²) in [4.78, 5) is 14.0. The molecule has 3 rings (SSSR count). The second-order valence-corrected chi connectivity index (χ2v) is 6.44. The van der Waals surface area contributed by atoms with Gasteiger partial charge in [0.2, 0.25) is 5.91 Å². The Hall–Kier alpha value is -2.04. The van der Waals surface area contributed by atoms with E-state index in [-0.39, 0.29) is 11.8 Å². The fourth-order valence-electron chi connectivity index (χ4n) is 3.01. The Kier molecular flexibility index (Phi) is 5.38. The Balaban J connectivity index is 1.53. The summed E-state index contributed by atoms with van der Waals surface area (Å²) < 4.78 is 5.18. The summed E-state index contributed by atoms with van der Waals surface area (Å²) in [5.41, 5.74) is 0.877. The van der Waals surface area contributed by atoms with Crippen molar-refractivity contribution in [2.75, 3.05) is 13.1 Å². The normalized spacial score (nSPS) is 17.3. The Bertz CT molecular complexity index is 686. The van der Waals surface area contributed by atoms with Crippen molar-refractivity contribution in [1.29, 1.82) is 0 Å². The second kappa shape index (κ2) is 7.69. The van der Waals surface area contributed by atoms with E-state index in [0.29, 0.717) is 23.9 Å². The molecule has 1 aromatic carbocycles. The molecule has 0 radical (unpaired) electrons. The van der Waals surface area contributed by atoms with Crippen molar-refractivity contribution in [2.24, 2.45) is 5.92 Å². The molecule has 4 nitrogen and oxygen atoms in total. The van der Waals surface area contributed by atoms with Gasteiger partial charge in [0.15, 0.2) is 0 Å². The molecule has 126 valence electrons. The maximum atomic E-state index is 12.2. The number of halogens is 1. The number of furan rings is 1. The zero-order valence-electron chi connectivity index (χ0n) is 13.3. The molecular weight excluding hydrogens is 326 g/mol. The molecule has 1 fully saturated rings. The summed E-state index contributed by atoms with van der Waals surface area (Å²) >= 11 is 5.88. The van der Waals surface area contributed by atoms with Crippen molar-refractivity contribution in [1.82, 2.24) is 4.90 Å². The Morgan fingerprint density at radius 3 is 2.58 bits per heavy atom. The van der Waals surface area contributed by atoms with Crippen LogP contribution >= 0.6 is 11.6 Å². The summed E-state index contributed by atoms with van der Waals surface area (Å²) in [6.07, 6.45) is 5.84. The molecule has 0 aliphatic carbocycles. The van der Waals surface area contributed by atoms with Crippen molar-refractivity contribution in [3.05, 3.63) is 65.1 Å². The molecule has 1 amide bonds. The highest BCUT2D eigenvalue weighted by Crippen LogP contribution is 2.31. The fourth-order valence-corrected chi connectivity index (χ4v) is 3.14. The molecule has 0 bridgehead atoms. The fraction of sp³-hybridized carbons (Fsp3) is 0.316. The van der Waals surface area contributed by atoms with E-state index in [9.17, 15) is 9.90 Å². The quantitative estimate of drug-likeness (QED) is 0.854. The lowest BCUT2D eigenvalue weighted by molar-refractivity contribution is -0.127. The Morgan fingerprint density at radius 1 is 1.25 bits per heavy atom. The minimum absolute atomic E-state index is 0.0224. The van der Waals surface area contributed by atoms with Crippen LogP contribution in [0.5, 0.6) is 0 Å². The largest absolute Gasteiger partial charge is 0.465 e. The van der Waals surface area contributed by atoms with Gasteiger partial charge in [0.25, 0.3) is 0 Å². The van der Waals surface area contributed by atoms with E-state index in [2.05, 4.69) is 0 Å². The second-order valence-electron chi connectivity index (χ2n) is 6.01. The minimum atomic E-state index is -0.516. The average Bonchev–Trinajstić information content (AvgIpc) is 3.13. The lowest BCUT2D eigenvalue weighted by atomic mass is 9.87. The molecule has 1 atom stereocenters. The van der Waals surface area contributed by atoms with Crippen molar-refractivity contribution in [3.8, 4) is 0 Å². The zero-order chi connectivity index (χ0) is 16.9. The van der Waals surface area contributed by atoms with Gasteiger partial charge in [-0.25, -0.2) is 0 Å². The lowest BCUT2D eigenvalue weighted by Gasteiger charge is -2.34. The maximum Gasteiger partial charge on any atom is 0.246 e. The van der Waals surface area contributed by atoms with Gasteiger partial charge in [0.1, 0.15) is 5.76 Å². The molecule has 1 aromatic heterocycles. The van der Waals surface area contributed by atoms with Crippen molar-refractivity contribution in [3.63, 3.8) is 0 Å². The van der Waals surface area contributed by atoms with E-state index in [1.807, 2.05) is 17.0 Å². The third kappa shape index (κ3) is 4.08. The Morgan fingerprint density at radius 2 is 1.96 bits per heavy atom. The summed E-state index contributed by atoms with van der Waals surface area (Å²) in [6, 6.07) is 10.9. The van der Waals surface area contributed by atoms with Crippen LogP contribution < -0.4 is 0 Å². The van der Waals surface area contributed by atoms with Crippen LogP contribution in [0.3, 0.4) is 0 Å². The number of rotatable bonds is 4. The van der Waals surface area contributed by atoms with E-state index < -0.39 is 6.10 Å². The van der Waals surface area contributed by atoms with Crippen LogP contribution in [0.25, 0.3) is 6.08 Å². The molecule has 0 saturated carbocycles. The molecule has 1 saturated heterocycles. The number of hydrogen-bond acceptors (Lipinski definition) is 3. The number of carbonyl (C=O) groups is 1. The molecule has 1 aliphatic rings. The maximum absolute atomic E-state index is 12.2. The molecule has 2 heterocycles. The monoisotopic (exact) mass is 345 g/mol. The highest BCUT2D eigenvalue weighted by molar-refractivity contribution is 6.30. The Labute approximate surface area is 146 Å². The van der Waals surface area contributed by atoms with Crippen molar-refractivity contribution in [2.45, 2.75) is 18.9 Å². The molecule has 24 heavy (non-hydrogen) atoms. The molecular formula is C19H20ClNO3. The van der Waals surface area contributed by atoms with Crippen LogP contribution in [-0.2, 0) is 4.79 Å². The number of piperidine rings is 1. The van der Waals surface area contributed by atoms with Crippen LogP contribution in [0, 0.1) is 5.92 Å². The van der Waals surface area contributed by atoms with Gasteiger partial charge >= 0.3 is 0 Å². The SMILES string of the molecule is O=C(/C=C/c1ccco1)N1CCC(C(O)c2ccc(Cl)cc2)CC1. The van der Waals surface area contributed by atoms with Gasteiger partial charge in [0.05, 0.1) is 12.4 Å². The molecule has 1 unspecified atom stereocenters. The van der Waals surface area contributed by atoms with E-state index >= 15 is 0 Å². The van der Waals surface area contributed by atoms with Gasteiger partial charge in [-0.2, -0.15) is 0 Å². The number of aliphatic hydroxyl groups is 1. The first-order valence-electron chi connectivity index (χ1n) is 8.07. The molecule has 1 N–H and O–H groups in total. The first-order chi connectivity index (χ1) is 11.6. The highest BCUT2D eigenvalue weighted by Gasteiger charge is 2.27. The van der Waals surface area contributed by atoms with Gasteiger partial charge in [-0.15, -0.1) is 0 Å². The molecule has 2 aromatic rings.